The highest BCUT2D eigenvalue weighted by molar-refractivity contribution is 7.09. The molecule has 0 aliphatic heterocycles. The Balaban J connectivity index is 1.65. The fraction of sp³-hybridized carbons (Fsp3) is 0.0588. The summed E-state index contributed by atoms with van der Waals surface area (Å²) in [6, 6.07) is 16.7. The second-order valence-electron chi connectivity index (χ2n) is 4.77. The van der Waals surface area contributed by atoms with E-state index in [2.05, 4.69) is 15.6 Å². The van der Waals surface area contributed by atoms with E-state index in [1.807, 2.05) is 66.9 Å². The van der Waals surface area contributed by atoms with Gasteiger partial charge in [-0.1, -0.05) is 30.3 Å². The van der Waals surface area contributed by atoms with Crippen molar-refractivity contribution in [1.82, 2.24) is 4.98 Å². The first-order valence-electron chi connectivity index (χ1n) is 6.86. The van der Waals surface area contributed by atoms with Crippen molar-refractivity contribution in [1.29, 1.82) is 0 Å². The molecule has 1 aromatic heterocycles. The maximum absolute atomic E-state index is 11.9. The Morgan fingerprint density at radius 2 is 1.59 bits per heavy atom. The molecule has 2 aromatic carbocycles. The number of anilines is 2. The molecule has 0 fully saturated rings. The normalized spacial score (nSPS) is 10.2. The number of nitrogens with one attached hydrogen (secondary N) is 2. The smallest absolute Gasteiger partial charge is 0.308 e. The lowest BCUT2D eigenvalue weighted by molar-refractivity contribution is 0.262. The summed E-state index contributed by atoms with van der Waals surface area (Å²) in [5.74, 6) is 0. The van der Waals surface area contributed by atoms with Gasteiger partial charge in [-0.3, -0.25) is 0 Å². The lowest BCUT2D eigenvalue weighted by Gasteiger charge is -2.08. The zero-order chi connectivity index (χ0) is 15.4. The fourth-order valence-electron chi connectivity index (χ4n) is 2.04. The largest absolute Gasteiger partial charge is 0.323 e. The van der Waals surface area contributed by atoms with Gasteiger partial charge in [0.25, 0.3) is 0 Å². The average Bonchev–Trinajstić information content (AvgIpc) is 2.95. The van der Waals surface area contributed by atoms with E-state index in [0.29, 0.717) is 0 Å². The topological polar surface area (TPSA) is 54.0 Å². The minimum atomic E-state index is -0.261. The molecular formula is C17H15N3OS. The molecule has 5 heteroatoms. The van der Waals surface area contributed by atoms with Gasteiger partial charge in [-0.05, 0) is 31.2 Å². The minimum absolute atomic E-state index is 0.261. The van der Waals surface area contributed by atoms with E-state index in [9.17, 15) is 4.79 Å². The quantitative estimate of drug-likeness (QED) is 0.732. The number of urea groups is 1. The van der Waals surface area contributed by atoms with Crippen molar-refractivity contribution >= 4 is 28.7 Å². The van der Waals surface area contributed by atoms with Crippen LogP contribution in [0, 0.1) is 6.92 Å². The first-order chi connectivity index (χ1) is 10.7. The molecule has 2 N–H and O–H groups in total. The molecule has 3 rings (SSSR count). The van der Waals surface area contributed by atoms with E-state index in [4.69, 9.17) is 0 Å². The Morgan fingerprint density at radius 1 is 0.955 bits per heavy atom. The third kappa shape index (κ3) is 3.51. The van der Waals surface area contributed by atoms with Crippen molar-refractivity contribution in [2.45, 2.75) is 6.92 Å². The Labute approximate surface area is 132 Å². The highest BCUT2D eigenvalue weighted by Crippen LogP contribution is 2.23. The molecule has 0 aliphatic rings. The molecule has 0 aliphatic carbocycles. The van der Waals surface area contributed by atoms with Gasteiger partial charge in [-0.2, -0.15) is 0 Å². The fourth-order valence-corrected chi connectivity index (χ4v) is 2.66. The number of rotatable bonds is 3. The molecule has 0 bridgehead atoms. The van der Waals surface area contributed by atoms with E-state index in [-0.39, 0.29) is 6.03 Å². The number of benzene rings is 2. The van der Waals surface area contributed by atoms with Gasteiger partial charge in [-0.25, -0.2) is 9.78 Å². The molecule has 110 valence electrons. The van der Waals surface area contributed by atoms with E-state index in [1.54, 1.807) is 11.3 Å². The van der Waals surface area contributed by atoms with E-state index >= 15 is 0 Å². The average molecular weight is 309 g/mol. The number of carbonyl (C=O) groups is 1. The molecule has 2 amide bonds. The molecule has 0 radical (unpaired) electrons. The van der Waals surface area contributed by atoms with Crippen LogP contribution in [0.4, 0.5) is 16.2 Å². The van der Waals surface area contributed by atoms with Crippen LogP contribution in [0.5, 0.6) is 0 Å². The number of aromatic nitrogens is 1. The molecule has 0 saturated carbocycles. The summed E-state index contributed by atoms with van der Waals surface area (Å²) in [6.07, 6.45) is 0. The van der Waals surface area contributed by atoms with E-state index in [0.717, 1.165) is 27.6 Å². The summed E-state index contributed by atoms with van der Waals surface area (Å²) in [5.41, 5.74) is 3.50. The number of thiazole rings is 1. The summed E-state index contributed by atoms with van der Waals surface area (Å²) in [6.45, 7) is 1.98. The molecule has 4 nitrogen and oxygen atoms in total. The van der Waals surface area contributed by atoms with Crippen LogP contribution in [0.15, 0.2) is 60.0 Å². The summed E-state index contributed by atoms with van der Waals surface area (Å²) in [5, 5.41) is 8.65. The lowest BCUT2D eigenvalue weighted by Crippen LogP contribution is -2.19. The Kier molecular flexibility index (Phi) is 4.16. The number of carbonyl (C=O) groups excluding carboxylic acids is 1. The van der Waals surface area contributed by atoms with Crippen LogP contribution in [0.1, 0.15) is 5.01 Å². The van der Waals surface area contributed by atoms with Gasteiger partial charge in [0.2, 0.25) is 0 Å². The molecule has 0 atom stereocenters. The van der Waals surface area contributed by atoms with Crippen molar-refractivity contribution in [2.24, 2.45) is 0 Å². The summed E-state index contributed by atoms with van der Waals surface area (Å²) < 4.78 is 0. The van der Waals surface area contributed by atoms with Crippen LogP contribution in [0.25, 0.3) is 11.3 Å². The van der Waals surface area contributed by atoms with Gasteiger partial charge < -0.3 is 10.6 Å². The number of hydrogen-bond acceptors (Lipinski definition) is 3. The summed E-state index contributed by atoms with van der Waals surface area (Å²) >= 11 is 1.62. The van der Waals surface area contributed by atoms with Crippen LogP contribution in [0.3, 0.4) is 0 Å². The Bertz CT molecular complexity index is 766. The van der Waals surface area contributed by atoms with Crippen molar-refractivity contribution in [3.63, 3.8) is 0 Å². The van der Waals surface area contributed by atoms with Crippen molar-refractivity contribution < 1.29 is 4.79 Å². The minimum Gasteiger partial charge on any atom is -0.308 e. The highest BCUT2D eigenvalue weighted by atomic mass is 32.1. The number of para-hydroxylation sites is 1. The van der Waals surface area contributed by atoms with Crippen LogP contribution in [-0.2, 0) is 0 Å². The molecular weight excluding hydrogens is 294 g/mol. The number of amides is 2. The van der Waals surface area contributed by atoms with Gasteiger partial charge in [0.1, 0.15) is 0 Å². The van der Waals surface area contributed by atoms with Crippen molar-refractivity contribution in [2.75, 3.05) is 10.6 Å². The van der Waals surface area contributed by atoms with Crippen LogP contribution in [0.2, 0.25) is 0 Å². The predicted octanol–water partition coefficient (Wildman–Crippen LogP) is 4.76. The Hall–Kier alpha value is -2.66. The van der Waals surface area contributed by atoms with Crippen LogP contribution >= 0.6 is 11.3 Å². The molecule has 0 spiro atoms. The maximum Gasteiger partial charge on any atom is 0.323 e. The molecule has 0 saturated heterocycles. The van der Waals surface area contributed by atoms with Crippen LogP contribution in [-0.4, -0.2) is 11.0 Å². The molecule has 0 unspecified atom stereocenters. The number of aryl methyl sites for hydroxylation is 1. The lowest BCUT2D eigenvalue weighted by atomic mass is 10.1. The standard InChI is InChI=1S/C17H15N3OS/c1-12-18-16(11-22-12)13-7-9-15(10-8-13)20-17(21)19-14-5-3-2-4-6-14/h2-11H,1H3,(H2,19,20,21). The number of hydrogen-bond donors (Lipinski definition) is 2. The monoisotopic (exact) mass is 309 g/mol. The maximum atomic E-state index is 11.9. The molecule has 1 heterocycles. The third-order valence-corrected chi connectivity index (χ3v) is 3.86. The van der Waals surface area contributed by atoms with E-state index < -0.39 is 0 Å². The van der Waals surface area contributed by atoms with Gasteiger partial charge in [0, 0.05) is 22.3 Å². The zero-order valence-electron chi connectivity index (χ0n) is 12.0. The van der Waals surface area contributed by atoms with Gasteiger partial charge in [0.15, 0.2) is 0 Å². The predicted molar refractivity (Wildman–Crippen MR) is 91.4 cm³/mol. The second kappa shape index (κ2) is 6.41. The van der Waals surface area contributed by atoms with Crippen molar-refractivity contribution in [3.05, 3.63) is 65.0 Å². The van der Waals surface area contributed by atoms with Gasteiger partial charge >= 0.3 is 6.03 Å². The third-order valence-electron chi connectivity index (χ3n) is 3.09. The SMILES string of the molecule is Cc1nc(-c2ccc(NC(=O)Nc3ccccc3)cc2)cs1. The highest BCUT2D eigenvalue weighted by Gasteiger charge is 2.04. The first-order valence-corrected chi connectivity index (χ1v) is 7.74. The molecule has 3 aromatic rings. The summed E-state index contributed by atoms with van der Waals surface area (Å²) in [4.78, 5) is 16.4. The van der Waals surface area contributed by atoms with Crippen LogP contribution < -0.4 is 10.6 Å². The summed E-state index contributed by atoms with van der Waals surface area (Å²) in [7, 11) is 0. The zero-order valence-corrected chi connectivity index (χ0v) is 12.9. The Morgan fingerprint density at radius 3 is 2.18 bits per heavy atom. The van der Waals surface area contributed by atoms with Crippen molar-refractivity contribution in [3.8, 4) is 11.3 Å². The van der Waals surface area contributed by atoms with Gasteiger partial charge in [0.05, 0.1) is 10.7 Å². The van der Waals surface area contributed by atoms with E-state index in [1.165, 1.54) is 0 Å². The second-order valence-corrected chi connectivity index (χ2v) is 5.84. The number of nitrogens with zero attached hydrogens (tertiary/aromatic N) is 1. The van der Waals surface area contributed by atoms with Gasteiger partial charge in [-0.15, -0.1) is 11.3 Å². The first kappa shape index (κ1) is 14.3. The molecule has 22 heavy (non-hydrogen) atoms.